The van der Waals surface area contributed by atoms with Crippen LogP contribution in [0.5, 0.6) is 0 Å². The van der Waals surface area contributed by atoms with Crippen molar-refractivity contribution in [2.75, 3.05) is 5.43 Å². The summed E-state index contributed by atoms with van der Waals surface area (Å²) >= 11 is 0.908. The second-order valence-electron chi connectivity index (χ2n) is 5.12. The van der Waals surface area contributed by atoms with E-state index in [1.165, 1.54) is 18.3 Å². The first-order valence-electron chi connectivity index (χ1n) is 7.14. The summed E-state index contributed by atoms with van der Waals surface area (Å²) in [5.74, 6) is -0.0793. The molecule has 3 aromatic heterocycles. The topological polar surface area (TPSA) is 68.0 Å². The molecule has 3 heterocycles. The van der Waals surface area contributed by atoms with Crippen molar-refractivity contribution in [2.45, 2.75) is 13.3 Å². The van der Waals surface area contributed by atoms with Crippen molar-refractivity contribution in [2.24, 2.45) is 12.1 Å². The van der Waals surface area contributed by atoms with Gasteiger partial charge >= 0.3 is 0 Å². The SMILES string of the molecule is Cc1nn(C)cc1-c1cc(C(F)F)nc(N/N=C/c2ccc(F)s2)n1. The van der Waals surface area contributed by atoms with E-state index < -0.39 is 12.1 Å². The maximum absolute atomic E-state index is 13.1. The number of nitrogens with zero attached hydrogens (tertiary/aromatic N) is 5. The monoisotopic (exact) mass is 366 g/mol. The van der Waals surface area contributed by atoms with E-state index in [1.54, 1.807) is 30.9 Å². The Labute approximate surface area is 145 Å². The predicted octanol–water partition coefficient (Wildman–Crippen LogP) is 3.77. The minimum atomic E-state index is -2.75. The highest BCUT2D eigenvalue weighted by molar-refractivity contribution is 7.12. The van der Waals surface area contributed by atoms with Gasteiger partial charge in [-0.2, -0.15) is 14.6 Å². The van der Waals surface area contributed by atoms with Crippen LogP contribution in [0, 0.1) is 12.1 Å². The van der Waals surface area contributed by atoms with Gasteiger partial charge in [0.1, 0.15) is 5.69 Å². The molecule has 0 atom stereocenters. The van der Waals surface area contributed by atoms with Gasteiger partial charge in [0.05, 0.1) is 22.5 Å². The number of rotatable bonds is 5. The summed E-state index contributed by atoms with van der Waals surface area (Å²) in [6, 6.07) is 4.08. The van der Waals surface area contributed by atoms with Gasteiger partial charge in [0.15, 0.2) is 5.13 Å². The van der Waals surface area contributed by atoms with Crippen molar-refractivity contribution >= 4 is 23.5 Å². The van der Waals surface area contributed by atoms with Crippen LogP contribution in [0.3, 0.4) is 0 Å². The second kappa shape index (κ2) is 7.01. The van der Waals surface area contributed by atoms with E-state index in [0.717, 1.165) is 11.3 Å². The molecule has 3 aromatic rings. The van der Waals surface area contributed by atoms with E-state index in [9.17, 15) is 13.2 Å². The first-order chi connectivity index (χ1) is 11.9. The van der Waals surface area contributed by atoms with Gasteiger partial charge < -0.3 is 0 Å². The zero-order valence-electron chi connectivity index (χ0n) is 13.2. The zero-order valence-corrected chi connectivity index (χ0v) is 14.1. The highest BCUT2D eigenvalue weighted by Crippen LogP contribution is 2.26. The molecule has 0 aliphatic carbocycles. The molecule has 0 fully saturated rings. The number of anilines is 1. The Morgan fingerprint density at radius 2 is 2.12 bits per heavy atom. The molecule has 0 radical (unpaired) electrons. The Morgan fingerprint density at radius 1 is 1.32 bits per heavy atom. The normalized spacial score (nSPS) is 11.6. The van der Waals surface area contributed by atoms with Crippen molar-refractivity contribution in [1.29, 1.82) is 0 Å². The Bertz CT molecular complexity index is 918. The maximum Gasteiger partial charge on any atom is 0.280 e. The molecule has 0 amide bonds. The van der Waals surface area contributed by atoms with Gasteiger partial charge in [0.25, 0.3) is 6.43 Å². The number of nitrogens with one attached hydrogen (secondary N) is 1. The summed E-state index contributed by atoms with van der Waals surface area (Å²) in [5.41, 5.74) is 3.68. The number of aryl methyl sites for hydroxylation is 2. The Hall–Kier alpha value is -2.75. The van der Waals surface area contributed by atoms with Crippen molar-refractivity contribution in [3.05, 3.63) is 45.8 Å². The average molecular weight is 366 g/mol. The first kappa shape index (κ1) is 17.1. The van der Waals surface area contributed by atoms with Crippen molar-refractivity contribution < 1.29 is 13.2 Å². The van der Waals surface area contributed by atoms with E-state index in [0.29, 0.717) is 21.8 Å². The van der Waals surface area contributed by atoms with Gasteiger partial charge in [-0.1, -0.05) is 0 Å². The lowest BCUT2D eigenvalue weighted by Crippen LogP contribution is -2.02. The molecule has 0 unspecified atom stereocenters. The summed E-state index contributed by atoms with van der Waals surface area (Å²) in [5, 5.41) is 7.71. The summed E-state index contributed by atoms with van der Waals surface area (Å²) in [4.78, 5) is 8.52. The molecule has 10 heteroatoms. The molecule has 6 nitrogen and oxygen atoms in total. The van der Waals surface area contributed by atoms with Gasteiger partial charge in [0.2, 0.25) is 5.95 Å². The largest absolute Gasteiger partial charge is 0.280 e. The van der Waals surface area contributed by atoms with E-state index in [4.69, 9.17) is 0 Å². The molecule has 0 aromatic carbocycles. The number of thiophene rings is 1. The van der Waals surface area contributed by atoms with Crippen LogP contribution >= 0.6 is 11.3 Å². The number of hydrogen-bond acceptors (Lipinski definition) is 6. The number of alkyl halides is 2. The van der Waals surface area contributed by atoms with E-state index in [2.05, 4.69) is 25.6 Å². The van der Waals surface area contributed by atoms with Crippen LogP contribution in [-0.4, -0.2) is 26.0 Å². The molecular weight excluding hydrogens is 353 g/mol. The Morgan fingerprint density at radius 3 is 2.72 bits per heavy atom. The van der Waals surface area contributed by atoms with Gasteiger partial charge in [-0.3, -0.25) is 4.68 Å². The minimum absolute atomic E-state index is 0.0793. The lowest BCUT2D eigenvalue weighted by atomic mass is 10.1. The molecular formula is C15H13F3N6S. The summed E-state index contributed by atoms with van der Waals surface area (Å²) in [6.45, 7) is 1.76. The highest BCUT2D eigenvalue weighted by atomic mass is 32.1. The third-order valence-electron chi connectivity index (χ3n) is 3.21. The van der Waals surface area contributed by atoms with E-state index in [-0.39, 0.29) is 11.1 Å². The fourth-order valence-corrected chi connectivity index (χ4v) is 2.77. The molecule has 3 rings (SSSR count). The molecule has 25 heavy (non-hydrogen) atoms. The van der Waals surface area contributed by atoms with Gasteiger partial charge in [-0.05, 0) is 25.1 Å². The van der Waals surface area contributed by atoms with Gasteiger partial charge in [0, 0.05) is 18.8 Å². The Kier molecular flexibility index (Phi) is 4.79. The number of hydrazone groups is 1. The first-order valence-corrected chi connectivity index (χ1v) is 7.96. The van der Waals surface area contributed by atoms with Crippen LogP contribution in [0.2, 0.25) is 0 Å². The second-order valence-corrected chi connectivity index (χ2v) is 6.18. The average Bonchev–Trinajstić information content (AvgIpc) is 3.12. The third kappa shape index (κ3) is 4.02. The zero-order chi connectivity index (χ0) is 18.0. The quantitative estimate of drug-likeness (QED) is 0.551. The molecule has 0 saturated carbocycles. The molecule has 0 aliphatic rings. The molecule has 0 spiro atoms. The standard InChI is InChI=1S/C15H13F3N6S/c1-8-10(7-24(2)23-8)11-5-12(14(17)18)21-15(20-11)22-19-6-9-3-4-13(16)25-9/h3-7,14H,1-2H3,(H,20,21,22)/b19-6+. The van der Waals surface area contributed by atoms with Crippen LogP contribution in [0.15, 0.2) is 29.5 Å². The van der Waals surface area contributed by atoms with E-state index >= 15 is 0 Å². The molecule has 1 N–H and O–H groups in total. The Balaban J connectivity index is 1.90. The van der Waals surface area contributed by atoms with Crippen LogP contribution < -0.4 is 5.43 Å². The van der Waals surface area contributed by atoms with Crippen LogP contribution in [-0.2, 0) is 7.05 Å². The smallest absolute Gasteiger partial charge is 0.275 e. The fraction of sp³-hybridized carbons (Fsp3) is 0.200. The van der Waals surface area contributed by atoms with Gasteiger partial charge in [-0.15, -0.1) is 11.3 Å². The number of halogens is 3. The van der Waals surface area contributed by atoms with Crippen molar-refractivity contribution in [3.63, 3.8) is 0 Å². The molecule has 0 bridgehead atoms. The van der Waals surface area contributed by atoms with Crippen LogP contribution in [0.1, 0.15) is 22.7 Å². The summed E-state index contributed by atoms with van der Waals surface area (Å²) in [6.07, 6.45) is 0.296. The molecule has 130 valence electrons. The predicted molar refractivity (Wildman–Crippen MR) is 89.4 cm³/mol. The minimum Gasteiger partial charge on any atom is -0.275 e. The van der Waals surface area contributed by atoms with Crippen molar-refractivity contribution in [3.8, 4) is 11.3 Å². The lowest BCUT2D eigenvalue weighted by Gasteiger charge is -2.06. The highest BCUT2D eigenvalue weighted by Gasteiger charge is 2.16. The van der Waals surface area contributed by atoms with Gasteiger partial charge in [-0.25, -0.2) is 24.2 Å². The lowest BCUT2D eigenvalue weighted by molar-refractivity contribution is 0.146. The molecule has 0 saturated heterocycles. The fourth-order valence-electron chi connectivity index (χ4n) is 2.17. The van der Waals surface area contributed by atoms with Crippen LogP contribution in [0.4, 0.5) is 19.1 Å². The van der Waals surface area contributed by atoms with Crippen molar-refractivity contribution in [1.82, 2.24) is 19.7 Å². The maximum atomic E-state index is 13.1. The molecule has 0 aliphatic heterocycles. The summed E-state index contributed by atoms with van der Waals surface area (Å²) in [7, 11) is 1.73. The number of hydrogen-bond donors (Lipinski definition) is 1. The number of aromatic nitrogens is 4. The van der Waals surface area contributed by atoms with E-state index in [1.807, 2.05) is 0 Å². The van der Waals surface area contributed by atoms with Crippen LogP contribution in [0.25, 0.3) is 11.3 Å². The summed E-state index contributed by atoms with van der Waals surface area (Å²) < 4.78 is 40.7. The third-order valence-corrected chi connectivity index (χ3v) is 4.02.